The molecule has 0 bridgehead atoms. The fraction of sp³-hybridized carbons (Fsp3) is 0.500. The van der Waals surface area contributed by atoms with Crippen molar-refractivity contribution in [3.8, 4) is 0 Å². The van der Waals surface area contributed by atoms with Gasteiger partial charge in [-0.05, 0) is 36.6 Å². The number of rotatable bonds is 8. The first-order valence-corrected chi connectivity index (χ1v) is 7.51. The number of benzene rings is 1. The Morgan fingerprint density at radius 2 is 1.95 bits per heavy atom. The van der Waals surface area contributed by atoms with Crippen molar-refractivity contribution in [3.05, 3.63) is 29.3 Å². The number of anilines is 1. The summed E-state index contributed by atoms with van der Waals surface area (Å²) in [6.07, 6.45) is 0.310. The van der Waals surface area contributed by atoms with Crippen LogP contribution in [-0.2, 0) is 11.2 Å². The van der Waals surface area contributed by atoms with Crippen LogP contribution in [-0.4, -0.2) is 42.0 Å². The molecule has 1 rings (SSSR count). The van der Waals surface area contributed by atoms with Crippen molar-refractivity contribution in [2.24, 2.45) is 5.73 Å². The minimum Gasteiger partial charge on any atom is -0.480 e. The number of aryl methyl sites for hydroxylation is 1. The summed E-state index contributed by atoms with van der Waals surface area (Å²) >= 11 is 11.6. The van der Waals surface area contributed by atoms with E-state index in [9.17, 15) is 4.79 Å². The normalized spacial score (nSPS) is 12.2. The average Bonchev–Trinajstić information content (AvgIpc) is 2.41. The van der Waals surface area contributed by atoms with Crippen LogP contribution in [0.15, 0.2) is 18.2 Å². The molecule has 0 radical (unpaired) electrons. The number of hydrogen-bond acceptors (Lipinski definition) is 3. The maximum Gasteiger partial charge on any atom is 0.320 e. The third-order valence-corrected chi connectivity index (χ3v) is 3.50. The smallest absolute Gasteiger partial charge is 0.320 e. The van der Waals surface area contributed by atoms with Gasteiger partial charge in [-0.2, -0.15) is 0 Å². The standard InChI is InChI=1S/C14H20Cl2N2O2/c1-10-2-3-12(18(6-4-15)7-5-16)8-11(10)9-13(17)14(19)20/h2-3,8,13H,4-7,9,17H2,1H3,(H,19,20)/t13-/m0/s1. The molecule has 0 heterocycles. The van der Waals surface area contributed by atoms with E-state index in [2.05, 4.69) is 4.90 Å². The predicted molar refractivity (Wildman–Crippen MR) is 84.1 cm³/mol. The Morgan fingerprint density at radius 1 is 1.35 bits per heavy atom. The molecule has 0 aliphatic carbocycles. The van der Waals surface area contributed by atoms with Crippen molar-refractivity contribution in [2.45, 2.75) is 19.4 Å². The molecule has 0 aliphatic rings. The molecule has 0 spiro atoms. The third kappa shape index (κ3) is 4.85. The van der Waals surface area contributed by atoms with E-state index >= 15 is 0 Å². The second-order valence-electron chi connectivity index (χ2n) is 4.62. The maximum atomic E-state index is 10.9. The Balaban J connectivity index is 2.96. The predicted octanol–water partition coefficient (Wildman–Crippen LogP) is 2.23. The Morgan fingerprint density at radius 3 is 2.45 bits per heavy atom. The highest BCUT2D eigenvalue weighted by molar-refractivity contribution is 6.18. The second-order valence-corrected chi connectivity index (χ2v) is 5.38. The van der Waals surface area contributed by atoms with Crippen LogP contribution in [0.2, 0.25) is 0 Å². The number of nitrogens with zero attached hydrogens (tertiary/aromatic N) is 1. The van der Waals surface area contributed by atoms with Gasteiger partial charge in [0.1, 0.15) is 6.04 Å². The molecule has 0 saturated carbocycles. The van der Waals surface area contributed by atoms with Gasteiger partial charge in [0.2, 0.25) is 0 Å². The lowest BCUT2D eigenvalue weighted by Gasteiger charge is -2.24. The summed E-state index contributed by atoms with van der Waals surface area (Å²) < 4.78 is 0. The molecule has 0 aromatic heterocycles. The fourth-order valence-corrected chi connectivity index (χ4v) is 2.38. The zero-order valence-electron chi connectivity index (χ0n) is 11.5. The summed E-state index contributed by atoms with van der Waals surface area (Å²) in [6.45, 7) is 3.34. The van der Waals surface area contributed by atoms with Gasteiger partial charge in [0.15, 0.2) is 0 Å². The molecule has 0 fully saturated rings. The van der Waals surface area contributed by atoms with Crippen LogP contribution in [0.5, 0.6) is 0 Å². The first kappa shape index (κ1) is 17.1. The maximum absolute atomic E-state index is 10.9. The van der Waals surface area contributed by atoms with Crippen molar-refractivity contribution < 1.29 is 9.90 Å². The molecule has 1 atom stereocenters. The molecule has 1 aromatic carbocycles. The van der Waals surface area contributed by atoms with Gasteiger partial charge in [-0.15, -0.1) is 23.2 Å². The highest BCUT2D eigenvalue weighted by atomic mass is 35.5. The van der Waals surface area contributed by atoms with Crippen LogP contribution >= 0.6 is 23.2 Å². The van der Waals surface area contributed by atoms with E-state index in [1.54, 1.807) is 0 Å². The van der Waals surface area contributed by atoms with Gasteiger partial charge < -0.3 is 15.7 Å². The second kappa shape index (κ2) is 8.35. The van der Waals surface area contributed by atoms with Crippen LogP contribution in [0.1, 0.15) is 11.1 Å². The van der Waals surface area contributed by atoms with Crippen LogP contribution in [0.4, 0.5) is 5.69 Å². The van der Waals surface area contributed by atoms with Crippen LogP contribution in [0.3, 0.4) is 0 Å². The first-order chi connectivity index (χ1) is 9.49. The SMILES string of the molecule is Cc1ccc(N(CCCl)CCCl)cc1C[C@H](N)C(=O)O. The number of carboxylic acid groups (broad SMARTS) is 1. The summed E-state index contributed by atoms with van der Waals surface area (Å²) in [5.74, 6) is 0.0249. The van der Waals surface area contributed by atoms with Crippen LogP contribution in [0.25, 0.3) is 0 Å². The number of nitrogens with two attached hydrogens (primary N) is 1. The Labute approximate surface area is 129 Å². The number of hydrogen-bond donors (Lipinski definition) is 2. The molecule has 20 heavy (non-hydrogen) atoms. The molecular weight excluding hydrogens is 299 g/mol. The molecule has 6 heteroatoms. The summed E-state index contributed by atoms with van der Waals surface area (Å²) in [5, 5.41) is 8.91. The van der Waals surface area contributed by atoms with Gasteiger partial charge in [-0.1, -0.05) is 6.07 Å². The Kier molecular flexibility index (Phi) is 7.13. The molecule has 3 N–H and O–H groups in total. The number of alkyl halides is 2. The topological polar surface area (TPSA) is 66.6 Å². The summed E-state index contributed by atoms with van der Waals surface area (Å²) in [5.41, 5.74) is 8.56. The fourth-order valence-electron chi connectivity index (χ4n) is 1.97. The molecule has 112 valence electrons. The molecule has 0 aliphatic heterocycles. The number of aliphatic carboxylic acids is 1. The summed E-state index contributed by atoms with van der Waals surface area (Å²) in [4.78, 5) is 12.9. The van der Waals surface area contributed by atoms with E-state index in [0.717, 1.165) is 16.8 Å². The van der Waals surface area contributed by atoms with Crippen molar-refractivity contribution in [3.63, 3.8) is 0 Å². The van der Waals surface area contributed by atoms with Crippen molar-refractivity contribution in [1.29, 1.82) is 0 Å². The lowest BCUT2D eigenvalue weighted by atomic mass is 10.0. The summed E-state index contributed by atoms with van der Waals surface area (Å²) in [7, 11) is 0. The lowest BCUT2D eigenvalue weighted by Crippen LogP contribution is -2.32. The highest BCUT2D eigenvalue weighted by Crippen LogP contribution is 2.20. The van der Waals surface area contributed by atoms with Gasteiger partial charge >= 0.3 is 5.97 Å². The molecule has 0 amide bonds. The van der Waals surface area contributed by atoms with Gasteiger partial charge in [0.25, 0.3) is 0 Å². The minimum atomic E-state index is -0.992. The number of carboxylic acids is 1. The largest absolute Gasteiger partial charge is 0.480 e. The van der Waals surface area contributed by atoms with E-state index in [1.165, 1.54) is 0 Å². The third-order valence-electron chi connectivity index (χ3n) is 3.16. The zero-order valence-corrected chi connectivity index (χ0v) is 13.0. The van der Waals surface area contributed by atoms with Crippen LogP contribution in [0, 0.1) is 6.92 Å². The van der Waals surface area contributed by atoms with Gasteiger partial charge in [-0.3, -0.25) is 4.79 Å². The van der Waals surface area contributed by atoms with Gasteiger partial charge in [0, 0.05) is 30.5 Å². The van der Waals surface area contributed by atoms with E-state index in [-0.39, 0.29) is 0 Å². The monoisotopic (exact) mass is 318 g/mol. The molecule has 0 unspecified atom stereocenters. The molecular formula is C14H20Cl2N2O2. The lowest BCUT2D eigenvalue weighted by molar-refractivity contribution is -0.138. The van der Waals surface area contributed by atoms with E-state index in [0.29, 0.717) is 31.3 Å². The van der Waals surface area contributed by atoms with Crippen molar-refractivity contribution >= 4 is 34.9 Å². The van der Waals surface area contributed by atoms with E-state index < -0.39 is 12.0 Å². The Hall–Kier alpha value is -0.970. The summed E-state index contributed by atoms with van der Waals surface area (Å²) in [6, 6.07) is 5.04. The average molecular weight is 319 g/mol. The minimum absolute atomic E-state index is 0.310. The molecule has 0 saturated heterocycles. The zero-order chi connectivity index (χ0) is 15.1. The number of carbonyl (C=O) groups is 1. The van der Waals surface area contributed by atoms with Gasteiger partial charge in [0.05, 0.1) is 0 Å². The quantitative estimate of drug-likeness (QED) is 0.721. The van der Waals surface area contributed by atoms with E-state index in [1.807, 2.05) is 25.1 Å². The first-order valence-electron chi connectivity index (χ1n) is 6.44. The Bertz CT molecular complexity index is 449. The molecule has 4 nitrogen and oxygen atoms in total. The van der Waals surface area contributed by atoms with Crippen molar-refractivity contribution in [1.82, 2.24) is 0 Å². The van der Waals surface area contributed by atoms with Crippen molar-refractivity contribution in [2.75, 3.05) is 29.7 Å². The number of halogens is 2. The van der Waals surface area contributed by atoms with E-state index in [4.69, 9.17) is 34.0 Å². The van der Waals surface area contributed by atoms with Crippen LogP contribution < -0.4 is 10.6 Å². The highest BCUT2D eigenvalue weighted by Gasteiger charge is 2.15. The van der Waals surface area contributed by atoms with Gasteiger partial charge in [-0.25, -0.2) is 0 Å². The molecule has 1 aromatic rings.